The van der Waals surface area contributed by atoms with E-state index in [0.29, 0.717) is 12.3 Å². The predicted molar refractivity (Wildman–Crippen MR) is 78.5 cm³/mol. The van der Waals surface area contributed by atoms with Crippen LogP contribution in [0, 0.1) is 5.92 Å². The number of hydrogen-bond donors (Lipinski definition) is 1. The lowest BCUT2D eigenvalue weighted by Crippen LogP contribution is -2.48. The van der Waals surface area contributed by atoms with Crippen molar-refractivity contribution in [2.24, 2.45) is 5.92 Å². The third-order valence-corrected chi connectivity index (χ3v) is 4.74. The molecule has 1 N–H and O–H groups in total. The van der Waals surface area contributed by atoms with Gasteiger partial charge in [-0.2, -0.15) is 0 Å². The van der Waals surface area contributed by atoms with Gasteiger partial charge in [0, 0.05) is 18.6 Å². The van der Waals surface area contributed by atoms with Crippen molar-refractivity contribution in [2.75, 3.05) is 7.11 Å². The summed E-state index contributed by atoms with van der Waals surface area (Å²) in [5.41, 5.74) is 0.586. The van der Waals surface area contributed by atoms with Crippen LogP contribution >= 0.6 is 11.6 Å². The Morgan fingerprint density at radius 3 is 2.84 bits per heavy atom. The Hall–Kier alpha value is -0.570. The molecular weight excluding hydrogens is 260 g/mol. The van der Waals surface area contributed by atoms with Crippen molar-refractivity contribution >= 4 is 11.6 Å². The van der Waals surface area contributed by atoms with Gasteiger partial charge >= 0.3 is 0 Å². The molecule has 0 radical (unpaired) electrons. The molecule has 0 aliphatic heterocycles. The van der Waals surface area contributed by atoms with Crippen LogP contribution in [0.4, 0.5) is 0 Å². The largest absolute Gasteiger partial charge is 0.390 e. The quantitative estimate of drug-likeness (QED) is 0.909. The zero-order valence-electron chi connectivity index (χ0n) is 11.7. The molecule has 0 saturated heterocycles. The fraction of sp³-hybridized carbons (Fsp3) is 0.625. The van der Waals surface area contributed by atoms with Gasteiger partial charge in [0.05, 0.1) is 11.7 Å². The van der Waals surface area contributed by atoms with Gasteiger partial charge in [0.15, 0.2) is 0 Å². The molecule has 3 atom stereocenters. The minimum atomic E-state index is -0.500. The van der Waals surface area contributed by atoms with E-state index in [-0.39, 0.29) is 0 Å². The minimum absolute atomic E-state index is 0.406. The summed E-state index contributed by atoms with van der Waals surface area (Å²) in [7, 11) is 1.72. The fourth-order valence-corrected chi connectivity index (χ4v) is 3.44. The highest BCUT2D eigenvalue weighted by molar-refractivity contribution is 6.31. The van der Waals surface area contributed by atoms with E-state index in [2.05, 4.69) is 6.92 Å². The van der Waals surface area contributed by atoms with E-state index in [0.717, 1.165) is 29.8 Å². The molecule has 1 fully saturated rings. The number of aliphatic hydroxyl groups is 1. The Balaban J connectivity index is 2.13. The van der Waals surface area contributed by atoms with E-state index < -0.39 is 11.7 Å². The predicted octanol–water partition coefficient (Wildman–Crippen LogP) is 3.84. The first kappa shape index (κ1) is 14.8. The summed E-state index contributed by atoms with van der Waals surface area (Å²) in [6.07, 6.45) is 4.26. The fourth-order valence-electron chi connectivity index (χ4n) is 3.23. The van der Waals surface area contributed by atoms with Crippen molar-refractivity contribution in [3.8, 4) is 0 Å². The second-order valence-electron chi connectivity index (χ2n) is 5.78. The molecule has 1 aromatic carbocycles. The Morgan fingerprint density at radius 1 is 1.47 bits per heavy atom. The van der Waals surface area contributed by atoms with Crippen molar-refractivity contribution in [1.82, 2.24) is 0 Å². The summed E-state index contributed by atoms with van der Waals surface area (Å²) in [5.74, 6) is 0.606. The van der Waals surface area contributed by atoms with Crippen LogP contribution in [0.3, 0.4) is 0 Å². The molecular formula is C16H23ClO2. The topological polar surface area (TPSA) is 29.5 Å². The van der Waals surface area contributed by atoms with E-state index in [1.807, 2.05) is 24.3 Å². The van der Waals surface area contributed by atoms with Gasteiger partial charge in [0.2, 0.25) is 0 Å². The Kier molecular flexibility index (Phi) is 4.88. The van der Waals surface area contributed by atoms with Gasteiger partial charge in [0.25, 0.3) is 0 Å². The minimum Gasteiger partial charge on any atom is -0.390 e. The third-order valence-electron chi connectivity index (χ3n) is 4.38. The highest BCUT2D eigenvalue weighted by atomic mass is 35.5. The zero-order chi connectivity index (χ0) is 13.9. The molecule has 0 amide bonds. The average Bonchev–Trinajstić information content (AvgIpc) is 2.41. The maximum absolute atomic E-state index is 10.6. The normalized spacial score (nSPS) is 29.2. The van der Waals surface area contributed by atoms with Crippen molar-refractivity contribution < 1.29 is 9.84 Å². The lowest BCUT2D eigenvalue weighted by molar-refractivity contribution is -0.131. The molecule has 3 unspecified atom stereocenters. The molecule has 1 aromatic rings. The van der Waals surface area contributed by atoms with E-state index in [1.54, 1.807) is 7.11 Å². The van der Waals surface area contributed by atoms with Crippen LogP contribution in [-0.4, -0.2) is 23.9 Å². The van der Waals surface area contributed by atoms with Crippen LogP contribution in [0.1, 0.15) is 38.2 Å². The van der Waals surface area contributed by atoms with Gasteiger partial charge in [-0.15, -0.1) is 0 Å². The molecule has 106 valence electrons. The molecule has 2 nitrogen and oxygen atoms in total. The van der Waals surface area contributed by atoms with Crippen molar-refractivity contribution in [3.05, 3.63) is 34.9 Å². The first-order chi connectivity index (χ1) is 9.07. The summed E-state index contributed by atoms with van der Waals surface area (Å²) in [5, 5.41) is 11.4. The van der Waals surface area contributed by atoms with Crippen molar-refractivity contribution in [1.29, 1.82) is 0 Å². The van der Waals surface area contributed by atoms with Gasteiger partial charge in [-0.05, 0) is 30.4 Å². The highest BCUT2D eigenvalue weighted by Gasteiger charge is 2.41. The van der Waals surface area contributed by atoms with Crippen LogP contribution < -0.4 is 0 Å². The van der Waals surface area contributed by atoms with Gasteiger partial charge < -0.3 is 9.84 Å². The lowest BCUT2D eigenvalue weighted by atomic mass is 9.74. The smallest absolute Gasteiger partial charge is 0.0942 e. The first-order valence-corrected chi connectivity index (χ1v) is 7.42. The van der Waals surface area contributed by atoms with Gasteiger partial charge in [-0.3, -0.25) is 0 Å². The maximum Gasteiger partial charge on any atom is 0.0942 e. The summed E-state index contributed by atoms with van der Waals surface area (Å²) in [6, 6.07) is 7.71. The molecule has 1 saturated carbocycles. The van der Waals surface area contributed by atoms with Crippen LogP contribution in [-0.2, 0) is 11.2 Å². The molecule has 1 aliphatic rings. The summed E-state index contributed by atoms with van der Waals surface area (Å²) >= 11 is 6.17. The monoisotopic (exact) mass is 282 g/mol. The summed E-state index contributed by atoms with van der Waals surface area (Å²) in [6.45, 7) is 2.23. The maximum atomic E-state index is 10.6. The molecule has 2 rings (SSSR count). The Bertz CT molecular complexity index is 421. The highest BCUT2D eigenvalue weighted by Crippen LogP contribution is 2.38. The SMILES string of the molecule is COC1(C(O)Cc2ccccc2Cl)CCCC(C)C1. The van der Waals surface area contributed by atoms with E-state index in [4.69, 9.17) is 16.3 Å². The van der Waals surface area contributed by atoms with Crippen LogP contribution in [0.2, 0.25) is 5.02 Å². The number of aliphatic hydroxyl groups excluding tert-OH is 1. The average molecular weight is 283 g/mol. The number of rotatable bonds is 4. The second kappa shape index (κ2) is 6.25. The van der Waals surface area contributed by atoms with E-state index in [1.165, 1.54) is 6.42 Å². The molecule has 3 heteroatoms. The molecule has 0 aromatic heterocycles. The summed E-state index contributed by atoms with van der Waals surface area (Å²) < 4.78 is 5.73. The number of ether oxygens (including phenoxy) is 1. The van der Waals surface area contributed by atoms with Crippen molar-refractivity contribution in [3.63, 3.8) is 0 Å². The lowest BCUT2D eigenvalue weighted by Gasteiger charge is -2.42. The van der Waals surface area contributed by atoms with Gasteiger partial charge in [-0.25, -0.2) is 0 Å². The number of benzene rings is 1. The first-order valence-electron chi connectivity index (χ1n) is 7.04. The number of halogens is 1. The Morgan fingerprint density at radius 2 is 2.21 bits per heavy atom. The molecule has 0 spiro atoms. The third kappa shape index (κ3) is 3.31. The zero-order valence-corrected chi connectivity index (χ0v) is 12.5. The number of methoxy groups -OCH3 is 1. The van der Waals surface area contributed by atoms with Gasteiger partial charge in [0.1, 0.15) is 0 Å². The molecule has 1 aliphatic carbocycles. The molecule has 19 heavy (non-hydrogen) atoms. The van der Waals surface area contributed by atoms with Gasteiger partial charge in [-0.1, -0.05) is 49.6 Å². The molecule has 0 heterocycles. The molecule has 0 bridgehead atoms. The van der Waals surface area contributed by atoms with Crippen LogP contribution in [0.15, 0.2) is 24.3 Å². The van der Waals surface area contributed by atoms with Crippen LogP contribution in [0.25, 0.3) is 0 Å². The van der Waals surface area contributed by atoms with Crippen LogP contribution in [0.5, 0.6) is 0 Å². The summed E-state index contributed by atoms with van der Waals surface area (Å²) in [4.78, 5) is 0. The Labute approximate surface area is 120 Å². The standard InChI is InChI=1S/C16H23ClO2/c1-12-6-5-9-16(11-12,19-2)15(18)10-13-7-3-4-8-14(13)17/h3-4,7-8,12,15,18H,5-6,9-11H2,1-2H3. The van der Waals surface area contributed by atoms with E-state index >= 15 is 0 Å². The number of hydrogen-bond acceptors (Lipinski definition) is 2. The second-order valence-corrected chi connectivity index (χ2v) is 6.19. The van der Waals surface area contributed by atoms with Crippen molar-refractivity contribution in [2.45, 2.75) is 50.7 Å². The van der Waals surface area contributed by atoms with E-state index in [9.17, 15) is 5.11 Å².